The summed E-state index contributed by atoms with van der Waals surface area (Å²) in [6.07, 6.45) is 3.90. The number of nitrogens with zero attached hydrogens (tertiary/aromatic N) is 1. The van der Waals surface area contributed by atoms with Gasteiger partial charge in [-0.25, -0.2) is 4.79 Å². The summed E-state index contributed by atoms with van der Waals surface area (Å²) in [5.74, 6) is -0.509. The minimum atomic E-state index is -1.01. The molecule has 1 saturated carbocycles. The average molecular weight is 269 g/mol. The van der Waals surface area contributed by atoms with Crippen LogP contribution in [-0.2, 0) is 9.59 Å². The highest BCUT2D eigenvalue weighted by atomic mass is 16.4. The number of carbonyl (C=O) groups is 2. The van der Waals surface area contributed by atoms with Crippen molar-refractivity contribution in [3.63, 3.8) is 0 Å². The Bertz CT molecular complexity index is 359. The number of carbonyl (C=O) groups excluding carboxylic acids is 1. The van der Waals surface area contributed by atoms with Crippen LogP contribution in [0.4, 0.5) is 0 Å². The van der Waals surface area contributed by atoms with Gasteiger partial charge in [0, 0.05) is 14.0 Å². The fraction of sp³-hybridized carbons (Fsp3) is 0.867. The molecular formula is C15H27NO3. The molecule has 0 spiro atoms. The van der Waals surface area contributed by atoms with E-state index >= 15 is 0 Å². The van der Waals surface area contributed by atoms with E-state index in [9.17, 15) is 14.7 Å². The van der Waals surface area contributed by atoms with Gasteiger partial charge >= 0.3 is 5.97 Å². The zero-order valence-corrected chi connectivity index (χ0v) is 12.8. The van der Waals surface area contributed by atoms with Crippen LogP contribution in [-0.4, -0.2) is 34.5 Å². The molecule has 110 valence electrons. The van der Waals surface area contributed by atoms with Gasteiger partial charge in [0.15, 0.2) is 0 Å². The molecule has 19 heavy (non-hydrogen) atoms. The van der Waals surface area contributed by atoms with Gasteiger partial charge in [0.1, 0.15) is 5.54 Å². The maximum Gasteiger partial charge on any atom is 0.329 e. The molecule has 2 atom stereocenters. The lowest BCUT2D eigenvalue weighted by molar-refractivity contribution is -0.158. The quantitative estimate of drug-likeness (QED) is 0.784. The fourth-order valence-corrected chi connectivity index (χ4v) is 3.18. The topological polar surface area (TPSA) is 57.6 Å². The predicted molar refractivity (Wildman–Crippen MR) is 74.8 cm³/mol. The highest BCUT2D eigenvalue weighted by Crippen LogP contribution is 2.41. The smallest absolute Gasteiger partial charge is 0.329 e. The summed E-state index contributed by atoms with van der Waals surface area (Å²) in [7, 11) is 1.62. The van der Waals surface area contributed by atoms with E-state index in [2.05, 4.69) is 20.8 Å². The second-order valence-corrected chi connectivity index (χ2v) is 6.91. The molecule has 0 aromatic carbocycles. The molecule has 1 aliphatic rings. The van der Waals surface area contributed by atoms with Crippen LogP contribution in [0, 0.1) is 11.3 Å². The Kier molecular flexibility index (Phi) is 4.64. The van der Waals surface area contributed by atoms with Gasteiger partial charge in [0.25, 0.3) is 0 Å². The lowest BCUT2D eigenvalue weighted by Gasteiger charge is -2.37. The van der Waals surface area contributed by atoms with Crippen LogP contribution >= 0.6 is 0 Å². The van der Waals surface area contributed by atoms with Crippen LogP contribution in [0.25, 0.3) is 0 Å². The zero-order chi connectivity index (χ0) is 14.8. The van der Waals surface area contributed by atoms with Gasteiger partial charge in [-0.1, -0.05) is 27.2 Å². The van der Waals surface area contributed by atoms with E-state index in [-0.39, 0.29) is 11.3 Å². The van der Waals surface area contributed by atoms with Gasteiger partial charge in [-0.15, -0.1) is 0 Å². The zero-order valence-electron chi connectivity index (χ0n) is 12.8. The van der Waals surface area contributed by atoms with Crippen molar-refractivity contribution in [3.8, 4) is 0 Å². The number of hydrogen-bond acceptors (Lipinski definition) is 2. The number of carboxylic acid groups (broad SMARTS) is 1. The molecule has 4 heteroatoms. The van der Waals surface area contributed by atoms with E-state index in [0.717, 1.165) is 19.3 Å². The third-order valence-electron chi connectivity index (χ3n) is 4.79. The summed E-state index contributed by atoms with van der Waals surface area (Å²) < 4.78 is 0. The maximum absolute atomic E-state index is 11.7. The Morgan fingerprint density at radius 2 is 1.79 bits per heavy atom. The molecule has 0 heterocycles. The second kappa shape index (κ2) is 5.51. The van der Waals surface area contributed by atoms with Crippen molar-refractivity contribution in [2.45, 2.75) is 65.3 Å². The molecule has 0 bridgehead atoms. The molecule has 0 aromatic rings. The van der Waals surface area contributed by atoms with Crippen LogP contribution < -0.4 is 0 Å². The number of likely N-dealkylation sites (N-methyl/N-ethyl adjacent to an activating group) is 1. The number of aliphatic carboxylic acids is 1. The van der Waals surface area contributed by atoms with E-state index < -0.39 is 11.5 Å². The molecule has 2 unspecified atom stereocenters. The molecule has 1 fully saturated rings. The first-order chi connectivity index (χ1) is 8.61. The average Bonchev–Trinajstić information content (AvgIpc) is 2.50. The Labute approximate surface area is 116 Å². The molecule has 1 amide bonds. The monoisotopic (exact) mass is 269 g/mol. The summed E-state index contributed by atoms with van der Waals surface area (Å²) in [5.41, 5.74) is -0.810. The molecule has 1 aliphatic carbocycles. The number of carboxylic acids is 1. The highest BCUT2D eigenvalue weighted by Gasteiger charge is 2.46. The van der Waals surface area contributed by atoms with E-state index in [1.54, 1.807) is 7.05 Å². The summed E-state index contributed by atoms with van der Waals surface area (Å²) in [6, 6.07) is 0. The normalized spacial score (nSPS) is 28.6. The Morgan fingerprint density at radius 1 is 1.21 bits per heavy atom. The summed E-state index contributed by atoms with van der Waals surface area (Å²) in [5, 5.41) is 9.63. The van der Waals surface area contributed by atoms with Crippen molar-refractivity contribution in [2.24, 2.45) is 11.3 Å². The van der Waals surface area contributed by atoms with Crippen LogP contribution in [0.1, 0.15) is 59.8 Å². The summed E-state index contributed by atoms with van der Waals surface area (Å²) in [6.45, 7) is 8.07. The molecule has 4 nitrogen and oxygen atoms in total. The van der Waals surface area contributed by atoms with Crippen LogP contribution in [0.2, 0.25) is 0 Å². The summed E-state index contributed by atoms with van der Waals surface area (Å²) >= 11 is 0. The van der Waals surface area contributed by atoms with Crippen LogP contribution in [0.15, 0.2) is 0 Å². The Hall–Kier alpha value is -1.06. The van der Waals surface area contributed by atoms with E-state index in [4.69, 9.17) is 0 Å². The summed E-state index contributed by atoms with van der Waals surface area (Å²) in [4.78, 5) is 24.8. The van der Waals surface area contributed by atoms with Crippen molar-refractivity contribution < 1.29 is 14.7 Å². The predicted octanol–water partition coefficient (Wildman–Crippen LogP) is 2.91. The SMILES string of the molecule is CC(=O)N(C)C1(C(=O)O)CCCC(C(C)(C)C)CC1. The molecule has 0 radical (unpaired) electrons. The molecule has 1 N–H and O–H groups in total. The number of rotatable bonds is 2. The molecule has 0 aliphatic heterocycles. The second-order valence-electron chi connectivity index (χ2n) is 6.91. The first-order valence-corrected chi connectivity index (χ1v) is 7.09. The van der Waals surface area contributed by atoms with Gasteiger partial charge in [0.05, 0.1) is 0 Å². The molecule has 0 saturated heterocycles. The van der Waals surface area contributed by atoms with Crippen LogP contribution in [0.3, 0.4) is 0 Å². The third kappa shape index (κ3) is 3.28. The third-order valence-corrected chi connectivity index (χ3v) is 4.79. The van der Waals surface area contributed by atoms with Crippen molar-refractivity contribution in [3.05, 3.63) is 0 Å². The Balaban J connectivity index is 2.97. The molecule has 0 aromatic heterocycles. The Morgan fingerprint density at radius 3 is 2.21 bits per heavy atom. The van der Waals surface area contributed by atoms with Crippen molar-refractivity contribution >= 4 is 11.9 Å². The first-order valence-electron chi connectivity index (χ1n) is 7.09. The van der Waals surface area contributed by atoms with E-state index in [0.29, 0.717) is 18.8 Å². The van der Waals surface area contributed by atoms with Crippen molar-refractivity contribution in [2.75, 3.05) is 7.05 Å². The molecule has 1 rings (SSSR count). The van der Waals surface area contributed by atoms with Gasteiger partial charge in [-0.2, -0.15) is 0 Å². The van der Waals surface area contributed by atoms with Crippen molar-refractivity contribution in [1.82, 2.24) is 4.90 Å². The lowest BCUT2D eigenvalue weighted by atomic mass is 9.76. The highest BCUT2D eigenvalue weighted by molar-refractivity contribution is 5.85. The fourth-order valence-electron chi connectivity index (χ4n) is 3.18. The van der Waals surface area contributed by atoms with Gasteiger partial charge in [-0.3, -0.25) is 4.79 Å². The lowest BCUT2D eigenvalue weighted by Crippen LogP contribution is -2.54. The van der Waals surface area contributed by atoms with Gasteiger partial charge in [0.2, 0.25) is 5.91 Å². The molecular weight excluding hydrogens is 242 g/mol. The van der Waals surface area contributed by atoms with E-state index in [1.807, 2.05) is 0 Å². The minimum absolute atomic E-state index is 0.170. The van der Waals surface area contributed by atoms with E-state index in [1.165, 1.54) is 11.8 Å². The van der Waals surface area contributed by atoms with Gasteiger partial charge < -0.3 is 10.0 Å². The number of amides is 1. The first kappa shape index (κ1) is 16.0. The van der Waals surface area contributed by atoms with Gasteiger partial charge in [-0.05, 0) is 37.0 Å². The minimum Gasteiger partial charge on any atom is -0.479 e. The largest absolute Gasteiger partial charge is 0.479 e. The van der Waals surface area contributed by atoms with Crippen molar-refractivity contribution in [1.29, 1.82) is 0 Å². The number of hydrogen-bond donors (Lipinski definition) is 1. The standard InChI is InChI=1S/C15H27NO3/c1-11(17)16(5)15(13(18)19)9-6-7-12(8-10-15)14(2,3)4/h12H,6-10H2,1-5H3,(H,18,19). The van der Waals surface area contributed by atoms with Crippen LogP contribution in [0.5, 0.6) is 0 Å². The maximum atomic E-state index is 11.7.